The van der Waals surface area contributed by atoms with Gasteiger partial charge >= 0.3 is 12.3 Å². The molecule has 12 heteroatoms. The van der Waals surface area contributed by atoms with Gasteiger partial charge in [-0.15, -0.1) is 0 Å². The summed E-state index contributed by atoms with van der Waals surface area (Å²) in [5.41, 5.74) is 1.19. The molecule has 39 heavy (non-hydrogen) atoms. The van der Waals surface area contributed by atoms with Gasteiger partial charge in [-0.3, -0.25) is 13.9 Å². The Morgan fingerprint density at radius 3 is 2.44 bits per heavy atom. The number of nitrogens with one attached hydrogen (secondary N) is 2. The van der Waals surface area contributed by atoms with Gasteiger partial charge in [0.05, 0.1) is 11.3 Å². The fraction of sp³-hybridized carbons (Fsp3) is 0.111. The zero-order valence-corrected chi connectivity index (χ0v) is 20.4. The number of fused-ring (bicyclic) bond motifs is 1. The largest absolute Gasteiger partial charge is 0.465 e. The van der Waals surface area contributed by atoms with Crippen molar-refractivity contribution < 1.29 is 27.9 Å². The lowest BCUT2D eigenvalue weighted by molar-refractivity contribution is -0.137. The number of aryl methyl sites for hydroxylation is 1. The van der Waals surface area contributed by atoms with Gasteiger partial charge in [0.2, 0.25) is 0 Å². The number of amides is 2. The van der Waals surface area contributed by atoms with E-state index in [1.54, 1.807) is 29.8 Å². The first-order valence-electron chi connectivity index (χ1n) is 11.7. The molecule has 3 N–H and O–H groups in total. The van der Waals surface area contributed by atoms with Crippen molar-refractivity contribution in [2.75, 3.05) is 5.32 Å². The van der Waals surface area contributed by atoms with E-state index in [0.29, 0.717) is 28.3 Å². The minimum atomic E-state index is -4.64. The molecule has 0 spiro atoms. The number of nitrogens with zero attached hydrogens (tertiary/aromatic N) is 4. The maximum Gasteiger partial charge on any atom is 0.417 e. The van der Waals surface area contributed by atoms with Crippen LogP contribution in [-0.4, -0.2) is 36.3 Å². The number of carboxylic acid groups (broad SMARTS) is 1. The van der Waals surface area contributed by atoms with Gasteiger partial charge in [0, 0.05) is 42.7 Å². The van der Waals surface area contributed by atoms with Crippen molar-refractivity contribution >= 4 is 23.5 Å². The Kier molecular flexibility index (Phi) is 6.52. The molecule has 2 aromatic carbocycles. The zero-order valence-electron chi connectivity index (χ0n) is 20.4. The minimum absolute atomic E-state index is 0.0000990. The molecule has 0 saturated carbocycles. The first-order valence-corrected chi connectivity index (χ1v) is 11.7. The topological polar surface area (TPSA) is 114 Å². The average Bonchev–Trinajstić information content (AvgIpc) is 3.50. The SMILES string of the molecule is Cn1ccc(-c2cc(C(=O)Nc3c(-c4ccccc4)nc4cc(CNC(=O)O)ccn34)ccc2C(F)(F)F)n1. The Morgan fingerprint density at radius 1 is 1.00 bits per heavy atom. The lowest BCUT2D eigenvalue weighted by Crippen LogP contribution is -2.20. The highest BCUT2D eigenvalue weighted by atomic mass is 19.4. The predicted molar refractivity (Wildman–Crippen MR) is 137 cm³/mol. The number of benzene rings is 2. The molecule has 5 aromatic rings. The molecular weight excluding hydrogens is 513 g/mol. The van der Waals surface area contributed by atoms with E-state index < -0.39 is 23.7 Å². The van der Waals surface area contributed by atoms with Gasteiger partial charge < -0.3 is 15.7 Å². The van der Waals surface area contributed by atoms with E-state index in [9.17, 15) is 22.8 Å². The number of carbonyl (C=O) groups excluding carboxylic acids is 1. The number of hydrogen-bond donors (Lipinski definition) is 3. The molecule has 0 saturated heterocycles. The summed E-state index contributed by atoms with van der Waals surface area (Å²) in [4.78, 5) is 28.9. The molecule has 0 radical (unpaired) electrons. The third-order valence-corrected chi connectivity index (χ3v) is 5.99. The lowest BCUT2D eigenvalue weighted by atomic mass is 10.0. The number of anilines is 1. The molecule has 5 rings (SSSR count). The Hall–Kier alpha value is -5.13. The molecule has 198 valence electrons. The summed E-state index contributed by atoms with van der Waals surface area (Å²) in [5, 5.41) is 18.1. The summed E-state index contributed by atoms with van der Waals surface area (Å²) >= 11 is 0. The van der Waals surface area contributed by atoms with Crippen molar-refractivity contribution in [3.05, 3.63) is 95.8 Å². The van der Waals surface area contributed by atoms with Crippen molar-refractivity contribution in [2.24, 2.45) is 7.05 Å². The summed E-state index contributed by atoms with van der Waals surface area (Å²) in [6, 6.07) is 17.0. The molecule has 0 aliphatic rings. The van der Waals surface area contributed by atoms with Crippen LogP contribution in [0.5, 0.6) is 0 Å². The Bertz CT molecular complexity index is 1690. The summed E-state index contributed by atoms with van der Waals surface area (Å²) < 4.78 is 44.2. The summed E-state index contributed by atoms with van der Waals surface area (Å²) in [5.74, 6) is -0.338. The Balaban J connectivity index is 1.56. The second kappa shape index (κ2) is 9.97. The molecule has 0 aliphatic heterocycles. The van der Waals surface area contributed by atoms with Gasteiger partial charge in [-0.25, -0.2) is 9.78 Å². The number of pyridine rings is 1. The predicted octanol–water partition coefficient (Wildman–Crippen LogP) is 5.44. The van der Waals surface area contributed by atoms with Gasteiger partial charge in [-0.05, 0) is 42.0 Å². The van der Waals surface area contributed by atoms with Crippen molar-refractivity contribution in [3.8, 4) is 22.5 Å². The average molecular weight is 534 g/mol. The van der Waals surface area contributed by atoms with E-state index in [1.165, 1.54) is 23.0 Å². The third-order valence-electron chi connectivity index (χ3n) is 5.99. The normalized spacial score (nSPS) is 11.5. The minimum Gasteiger partial charge on any atom is -0.465 e. The van der Waals surface area contributed by atoms with E-state index in [0.717, 1.165) is 12.1 Å². The standard InChI is InChI=1S/C27H21F3N6O3/c1-35-11-10-21(34-35)19-14-18(7-8-20(19)27(28,29)30)25(37)33-24-23(17-5-3-2-4-6-17)32-22-13-16(9-12-36(22)24)15-31-26(38)39/h2-14,31H,15H2,1H3,(H,33,37)(H,38,39). The van der Waals surface area contributed by atoms with E-state index in [-0.39, 0.29) is 23.4 Å². The molecule has 0 fully saturated rings. The third kappa shape index (κ3) is 5.30. The number of aromatic nitrogens is 4. The maximum atomic E-state index is 13.7. The van der Waals surface area contributed by atoms with Crippen LogP contribution in [0.3, 0.4) is 0 Å². The second-order valence-electron chi connectivity index (χ2n) is 8.68. The monoisotopic (exact) mass is 534 g/mol. The van der Waals surface area contributed by atoms with Gasteiger partial charge in [0.15, 0.2) is 0 Å². The summed E-state index contributed by atoms with van der Waals surface area (Å²) in [6.45, 7) is 0.0584. The summed E-state index contributed by atoms with van der Waals surface area (Å²) in [6.07, 6.45) is -2.66. The summed E-state index contributed by atoms with van der Waals surface area (Å²) in [7, 11) is 1.59. The van der Waals surface area contributed by atoms with Crippen molar-refractivity contribution in [2.45, 2.75) is 12.7 Å². The number of alkyl halides is 3. The van der Waals surface area contributed by atoms with Crippen LogP contribution in [0.15, 0.2) is 79.1 Å². The molecule has 0 atom stereocenters. The highest BCUT2D eigenvalue weighted by Gasteiger charge is 2.34. The van der Waals surface area contributed by atoms with E-state index in [2.05, 4.69) is 20.7 Å². The van der Waals surface area contributed by atoms with Crippen molar-refractivity contribution in [1.82, 2.24) is 24.5 Å². The van der Waals surface area contributed by atoms with Gasteiger partial charge in [-0.1, -0.05) is 30.3 Å². The Labute approximate surface area is 219 Å². The molecule has 0 bridgehead atoms. The highest BCUT2D eigenvalue weighted by Crippen LogP contribution is 2.37. The lowest BCUT2D eigenvalue weighted by Gasteiger charge is -2.14. The van der Waals surface area contributed by atoms with Crippen LogP contribution >= 0.6 is 0 Å². The fourth-order valence-electron chi connectivity index (χ4n) is 4.17. The maximum absolute atomic E-state index is 13.7. The van der Waals surface area contributed by atoms with Crippen LogP contribution in [-0.2, 0) is 19.8 Å². The Morgan fingerprint density at radius 2 is 1.77 bits per heavy atom. The molecular formula is C27H21F3N6O3. The van der Waals surface area contributed by atoms with Gasteiger partial charge in [0.1, 0.15) is 17.2 Å². The van der Waals surface area contributed by atoms with Gasteiger partial charge in [0.25, 0.3) is 5.91 Å². The molecule has 3 aromatic heterocycles. The molecule has 3 heterocycles. The second-order valence-corrected chi connectivity index (χ2v) is 8.68. The zero-order chi connectivity index (χ0) is 27.7. The van der Waals surface area contributed by atoms with Crippen LogP contribution in [0.4, 0.5) is 23.8 Å². The van der Waals surface area contributed by atoms with Crippen LogP contribution < -0.4 is 10.6 Å². The quantitative estimate of drug-likeness (QED) is 0.269. The number of imidazole rings is 1. The number of hydrogen-bond acceptors (Lipinski definition) is 4. The smallest absolute Gasteiger partial charge is 0.417 e. The van der Waals surface area contributed by atoms with Crippen molar-refractivity contribution in [1.29, 1.82) is 0 Å². The van der Waals surface area contributed by atoms with E-state index >= 15 is 0 Å². The van der Waals surface area contributed by atoms with Crippen LogP contribution in [0, 0.1) is 0 Å². The van der Waals surface area contributed by atoms with Crippen LogP contribution in [0.25, 0.3) is 28.2 Å². The number of halogens is 3. The highest BCUT2D eigenvalue weighted by molar-refractivity contribution is 6.06. The van der Waals surface area contributed by atoms with Crippen LogP contribution in [0.2, 0.25) is 0 Å². The number of carbonyl (C=O) groups is 2. The molecule has 9 nitrogen and oxygen atoms in total. The molecule has 0 aliphatic carbocycles. The number of rotatable bonds is 6. The molecule has 2 amide bonds. The first kappa shape index (κ1) is 25.5. The van der Waals surface area contributed by atoms with Crippen LogP contribution in [0.1, 0.15) is 21.5 Å². The molecule has 0 unspecified atom stereocenters. The fourth-order valence-corrected chi connectivity index (χ4v) is 4.17. The van der Waals surface area contributed by atoms with E-state index in [1.807, 2.05) is 30.3 Å². The van der Waals surface area contributed by atoms with Gasteiger partial charge in [-0.2, -0.15) is 18.3 Å². The van der Waals surface area contributed by atoms with Crippen molar-refractivity contribution in [3.63, 3.8) is 0 Å². The first-order chi connectivity index (χ1) is 18.6. The van der Waals surface area contributed by atoms with E-state index in [4.69, 9.17) is 5.11 Å².